The van der Waals surface area contributed by atoms with E-state index in [4.69, 9.17) is 4.78 Å². The van der Waals surface area contributed by atoms with Gasteiger partial charge in [-0.3, -0.25) is 9.57 Å². The SMILES string of the molecule is Cc1ccc(C(=O)N2CCCC23CCS(=N)(=O)CC3)cc1C. The van der Waals surface area contributed by atoms with Crippen LogP contribution in [0.3, 0.4) is 0 Å². The summed E-state index contributed by atoms with van der Waals surface area (Å²) in [5, 5.41) is 0. The van der Waals surface area contributed by atoms with Crippen LogP contribution in [0.25, 0.3) is 0 Å². The summed E-state index contributed by atoms with van der Waals surface area (Å²) < 4.78 is 19.7. The van der Waals surface area contributed by atoms with Gasteiger partial charge < -0.3 is 4.90 Å². The minimum Gasteiger partial charge on any atom is -0.333 e. The number of hydrogen-bond donors (Lipinski definition) is 1. The van der Waals surface area contributed by atoms with E-state index in [9.17, 15) is 9.00 Å². The molecule has 1 spiro atoms. The fraction of sp³-hybridized carbons (Fsp3) is 0.588. The first-order valence-corrected chi connectivity index (χ1v) is 9.86. The monoisotopic (exact) mass is 320 g/mol. The third kappa shape index (κ3) is 2.67. The Bertz CT molecular complexity index is 695. The molecule has 0 atom stereocenters. The molecular formula is C17H24N2O2S. The van der Waals surface area contributed by atoms with Gasteiger partial charge in [0.2, 0.25) is 0 Å². The van der Waals surface area contributed by atoms with E-state index in [0.29, 0.717) is 24.3 Å². The molecule has 0 bridgehead atoms. The highest BCUT2D eigenvalue weighted by Gasteiger charge is 2.46. The van der Waals surface area contributed by atoms with Crippen LogP contribution in [0.5, 0.6) is 0 Å². The number of carbonyl (C=O) groups is 1. The second kappa shape index (κ2) is 5.37. The van der Waals surface area contributed by atoms with Crippen molar-refractivity contribution in [3.8, 4) is 0 Å². The van der Waals surface area contributed by atoms with Gasteiger partial charge in [0.15, 0.2) is 0 Å². The van der Waals surface area contributed by atoms with Crippen molar-refractivity contribution in [2.24, 2.45) is 0 Å². The first-order valence-electron chi connectivity index (χ1n) is 7.96. The Balaban J connectivity index is 1.87. The molecule has 2 aliphatic heterocycles. The number of nitrogens with zero attached hydrogens (tertiary/aromatic N) is 1. The molecule has 2 heterocycles. The molecule has 1 aromatic rings. The number of aryl methyl sites for hydroxylation is 2. The summed E-state index contributed by atoms with van der Waals surface area (Å²) in [6.07, 6.45) is 3.42. The molecule has 5 heteroatoms. The highest BCUT2D eigenvalue weighted by Crippen LogP contribution is 2.40. The molecule has 120 valence electrons. The Morgan fingerprint density at radius 3 is 2.50 bits per heavy atom. The molecule has 0 radical (unpaired) electrons. The molecule has 3 rings (SSSR count). The predicted octanol–water partition coefficient (Wildman–Crippen LogP) is 3.12. The van der Waals surface area contributed by atoms with Crippen molar-refractivity contribution >= 4 is 15.6 Å². The Morgan fingerprint density at radius 2 is 1.86 bits per heavy atom. The highest BCUT2D eigenvalue weighted by molar-refractivity contribution is 7.92. The molecule has 1 aromatic carbocycles. The molecule has 0 unspecified atom stereocenters. The van der Waals surface area contributed by atoms with Crippen molar-refractivity contribution in [3.63, 3.8) is 0 Å². The zero-order chi connectivity index (χ0) is 16.0. The van der Waals surface area contributed by atoms with Crippen LogP contribution in [-0.2, 0) is 9.73 Å². The van der Waals surface area contributed by atoms with Gasteiger partial charge in [0.1, 0.15) is 0 Å². The Hall–Kier alpha value is -1.36. The number of benzene rings is 1. The summed E-state index contributed by atoms with van der Waals surface area (Å²) >= 11 is 0. The molecule has 0 saturated carbocycles. The molecule has 0 aliphatic carbocycles. The standard InChI is InChI=1S/C17H24N2O2S/c1-13-4-5-15(12-14(13)2)16(20)19-9-3-6-17(19)7-10-22(18,21)11-8-17/h4-5,12,18H,3,6-11H2,1-2H3. The molecule has 0 aromatic heterocycles. The van der Waals surface area contributed by atoms with E-state index in [-0.39, 0.29) is 11.4 Å². The van der Waals surface area contributed by atoms with Gasteiger partial charge in [-0.25, -0.2) is 4.21 Å². The van der Waals surface area contributed by atoms with E-state index in [2.05, 4.69) is 0 Å². The zero-order valence-corrected chi connectivity index (χ0v) is 14.2. The van der Waals surface area contributed by atoms with E-state index in [1.165, 1.54) is 5.56 Å². The average Bonchev–Trinajstić information content (AvgIpc) is 2.89. The van der Waals surface area contributed by atoms with Crippen molar-refractivity contribution in [1.82, 2.24) is 4.90 Å². The first-order chi connectivity index (χ1) is 10.3. The second-order valence-corrected chi connectivity index (χ2v) is 9.24. The van der Waals surface area contributed by atoms with Gasteiger partial charge in [-0.2, -0.15) is 0 Å². The number of hydrogen-bond acceptors (Lipinski definition) is 3. The molecule has 2 saturated heterocycles. The number of carbonyl (C=O) groups excluding carboxylic acids is 1. The van der Waals surface area contributed by atoms with Crippen LogP contribution in [0.4, 0.5) is 0 Å². The van der Waals surface area contributed by atoms with Crippen LogP contribution in [0.15, 0.2) is 18.2 Å². The number of rotatable bonds is 1. The normalized spacial score (nSPS) is 31.6. The average molecular weight is 320 g/mol. The molecule has 2 aliphatic rings. The fourth-order valence-corrected chi connectivity index (χ4v) is 5.37. The largest absolute Gasteiger partial charge is 0.333 e. The van der Waals surface area contributed by atoms with Crippen molar-refractivity contribution in [3.05, 3.63) is 34.9 Å². The fourth-order valence-electron chi connectivity index (χ4n) is 3.74. The molecule has 1 amide bonds. The third-order valence-electron chi connectivity index (χ3n) is 5.39. The summed E-state index contributed by atoms with van der Waals surface area (Å²) in [5.74, 6) is 0.965. The van der Waals surface area contributed by atoms with Gasteiger partial charge in [-0.05, 0) is 62.8 Å². The molecule has 1 N–H and O–H groups in total. The van der Waals surface area contributed by atoms with Crippen molar-refractivity contribution in [2.75, 3.05) is 18.1 Å². The van der Waals surface area contributed by atoms with E-state index in [1.807, 2.05) is 36.9 Å². The summed E-state index contributed by atoms with van der Waals surface area (Å²) in [4.78, 5) is 15.0. The van der Waals surface area contributed by atoms with Gasteiger partial charge in [0, 0.05) is 38.9 Å². The maximum absolute atomic E-state index is 13.0. The van der Waals surface area contributed by atoms with Crippen LogP contribution >= 0.6 is 0 Å². The lowest BCUT2D eigenvalue weighted by atomic mass is 9.88. The van der Waals surface area contributed by atoms with E-state index >= 15 is 0 Å². The molecule has 22 heavy (non-hydrogen) atoms. The second-order valence-electron chi connectivity index (χ2n) is 6.80. The maximum atomic E-state index is 13.0. The summed E-state index contributed by atoms with van der Waals surface area (Å²) in [5.41, 5.74) is 2.93. The lowest BCUT2D eigenvalue weighted by Crippen LogP contribution is -2.51. The molecule has 4 nitrogen and oxygen atoms in total. The van der Waals surface area contributed by atoms with Crippen LogP contribution in [0, 0.1) is 18.6 Å². The van der Waals surface area contributed by atoms with E-state index < -0.39 is 9.73 Å². The lowest BCUT2D eigenvalue weighted by molar-refractivity contribution is 0.0570. The number of likely N-dealkylation sites (tertiary alicyclic amines) is 1. The Labute approximate surface area is 132 Å². The predicted molar refractivity (Wildman–Crippen MR) is 88.7 cm³/mol. The van der Waals surface area contributed by atoms with Crippen molar-refractivity contribution in [2.45, 2.75) is 45.1 Å². The quantitative estimate of drug-likeness (QED) is 0.864. The minimum atomic E-state index is -2.41. The van der Waals surface area contributed by atoms with Crippen molar-refractivity contribution in [1.29, 1.82) is 4.78 Å². The third-order valence-corrected chi connectivity index (χ3v) is 7.12. The summed E-state index contributed by atoms with van der Waals surface area (Å²) in [7, 11) is -2.41. The van der Waals surface area contributed by atoms with Gasteiger partial charge in [0.25, 0.3) is 5.91 Å². The van der Waals surface area contributed by atoms with Crippen LogP contribution < -0.4 is 0 Å². The summed E-state index contributed by atoms with van der Waals surface area (Å²) in [6, 6.07) is 5.89. The zero-order valence-electron chi connectivity index (χ0n) is 13.4. The first kappa shape index (κ1) is 15.5. The van der Waals surface area contributed by atoms with Crippen molar-refractivity contribution < 1.29 is 9.00 Å². The van der Waals surface area contributed by atoms with Crippen LogP contribution in [0.2, 0.25) is 0 Å². The highest BCUT2D eigenvalue weighted by atomic mass is 32.2. The van der Waals surface area contributed by atoms with Crippen LogP contribution in [-0.4, -0.2) is 38.6 Å². The van der Waals surface area contributed by atoms with Gasteiger partial charge in [0.05, 0.1) is 0 Å². The van der Waals surface area contributed by atoms with Gasteiger partial charge >= 0.3 is 0 Å². The number of nitrogens with one attached hydrogen (secondary N) is 1. The topological polar surface area (TPSA) is 61.2 Å². The number of amides is 1. The summed E-state index contributed by atoms with van der Waals surface area (Å²) in [6.45, 7) is 4.86. The molecule has 2 fully saturated rings. The minimum absolute atomic E-state index is 0.0963. The van der Waals surface area contributed by atoms with Gasteiger partial charge in [-0.15, -0.1) is 0 Å². The Morgan fingerprint density at radius 1 is 1.18 bits per heavy atom. The van der Waals surface area contributed by atoms with E-state index in [0.717, 1.165) is 30.5 Å². The van der Waals surface area contributed by atoms with Gasteiger partial charge in [-0.1, -0.05) is 6.07 Å². The Kier molecular flexibility index (Phi) is 3.79. The smallest absolute Gasteiger partial charge is 0.254 e. The lowest BCUT2D eigenvalue weighted by Gasteiger charge is -2.42. The van der Waals surface area contributed by atoms with E-state index in [1.54, 1.807) is 0 Å². The molecular weight excluding hydrogens is 296 g/mol. The maximum Gasteiger partial charge on any atom is 0.254 e. The van der Waals surface area contributed by atoms with Crippen LogP contribution in [0.1, 0.15) is 47.2 Å².